The highest BCUT2D eigenvalue weighted by Crippen LogP contribution is 2.23. The van der Waals surface area contributed by atoms with Crippen LogP contribution in [-0.4, -0.2) is 57.6 Å². The normalized spacial score (nSPS) is 23.8. The smallest absolute Gasteiger partial charge is 0.408 e. The molecule has 0 aromatic heterocycles. The number of carbonyl (C=O) groups is 2. The van der Waals surface area contributed by atoms with E-state index in [1.54, 1.807) is 20.8 Å². The first-order valence-electron chi connectivity index (χ1n) is 7.88. The van der Waals surface area contributed by atoms with Gasteiger partial charge in [-0.1, -0.05) is 30.3 Å². The van der Waals surface area contributed by atoms with Crippen molar-refractivity contribution in [2.45, 2.75) is 51.0 Å². The van der Waals surface area contributed by atoms with E-state index < -0.39 is 36.0 Å². The number of nitrogens with zero attached hydrogens (tertiary/aromatic N) is 1. The third-order valence-corrected chi connectivity index (χ3v) is 3.83. The lowest BCUT2D eigenvalue weighted by Gasteiger charge is -2.28. The van der Waals surface area contributed by atoms with Gasteiger partial charge in [0.2, 0.25) is 0 Å². The molecule has 1 aliphatic rings. The number of rotatable bonds is 3. The van der Waals surface area contributed by atoms with Crippen molar-refractivity contribution in [2.24, 2.45) is 0 Å². The van der Waals surface area contributed by atoms with E-state index in [0.29, 0.717) is 6.42 Å². The van der Waals surface area contributed by atoms with Crippen molar-refractivity contribution >= 4 is 12.2 Å². The molecule has 0 aliphatic carbocycles. The molecule has 24 heavy (non-hydrogen) atoms. The zero-order chi connectivity index (χ0) is 17.9. The Kier molecular flexibility index (Phi) is 5.33. The molecule has 1 aromatic carbocycles. The zero-order valence-corrected chi connectivity index (χ0v) is 14.1. The average molecular weight is 336 g/mol. The van der Waals surface area contributed by atoms with Crippen LogP contribution in [0.15, 0.2) is 30.3 Å². The summed E-state index contributed by atoms with van der Waals surface area (Å²) in [4.78, 5) is 24.7. The fourth-order valence-corrected chi connectivity index (χ4v) is 2.85. The minimum Gasteiger partial charge on any atom is -0.465 e. The second-order valence-electron chi connectivity index (χ2n) is 6.93. The van der Waals surface area contributed by atoms with E-state index in [1.807, 2.05) is 30.3 Å². The fourth-order valence-electron chi connectivity index (χ4n) is 2.85. The molecular weight excluding hydrogens is 312 g/mol. The van der Waals surface area contributed by atoms with Crippen LogP contribution in [0.3, 0.4) is 0 Å². The number of alkyl carbamates (subject to hydrolysis) is 1. The molecule has 3 atom stereocenters. The maximum atomic E-state index is 12.0. The Bertz CT molecular complexity index is 584. The number of likely N-dealkylation sites (tertiary alicyclic amines) is 1. The molecular formula is C17H24N2O5. The lowest BCUT2D eigenvalue weighted by molar-refractivity contribution is 0.0443. The highest BCUT2D eigenvalue weighted by Gasteiger charge is 2.44. The number of hydrogen-bond donors (Lipinski definition) is 3. The third-order valence-electron chi connectivity index (χ3n) is 3.83. The van der Waals surface area contributed by atoms with E-state index in [9.17, 15) is 19.8 Å². The molecule has 1 aliphatic heterocycles. The summed E-state index contributed by atoms with van der Waals surface area (Å²) in [6, 6.07) is 8.08. The molecule has 0 spiro atoms. The summed E-state index contributed by atoms with van der Waals surface area (Å²) >= 11 is 0. The van der Waals surface area contributed by atoms with Crippen molar-refractivity contribution in [2.75, 3.05) is 6.54 Å². The van der Waals surface area contributed by atoms with Gasteiger partial charge in [-0.2, -0.15) is 0 Å². The molecule has 1 fully saturated rings. The lowest BCUT2D eigenvalue weighted by atomic mass is 9.99. The maximum absolute atomic E-state index is 12.0. The molecule has 7 nitrogen and oxygen atoms in total. The van der Waals surface area contributed by atoms with Gasteiger partial charge in [-0.3, -0.25) is 0 Å². The maximum Gasteiger partial charge on any atom is 0.408 e. The van der Waals surface area contributed by atoms with Crippen LogP contribution < -0.4 is 5.32 Å². The van der Waals surface area contributed by atoms with Gasteiger partial charge in [0, 0.05) is 0 Å². The number of benzene rings is 1. The predicted molar refractivity (Wildman–Crippen MR) is 87.8 cm³/mol. The number of amides is 2. The Labute approximate surface area is 141 Å². The molecule has 2 rings (SSSR count). The molecule has 3 N–H and O–H groups in total. The highest BCUT2D eigenvalue weighted by atomic mass is 16.6. The molecule has 0 saturated carbocycles. The summed E-state index contributed by atoms with van der Waals surface area (Å²) in [7, 11) is 0. The van der Waals surface area contributed by atoms with Crippen LogP contribution in [0.5, 0.6) is 0 Å². The largest absolute Gasteiger partial charge is 0.465 e. The van der Waals surface area contributed by atoms with Gasteiger partial charge in [-0.15, -0.1) is 0 Å². The molecule has 7 heteroatoms. The van der Waals surface area contributed by atoms with Gasteiger partial charge < -0.3 is 25.2 Å². The van der Waals surface area contributed by atoms with Gasteiger partial charge in [0.15, 0.2) is 0 Å². The fraction of sp³-hybridized carbons (Fsp3) is 0.529. The molecule has 0 radical (unpaired) electrons. The van der Waals surface area contributed by atoms with Gasteiger partial charge in [0.05, 0.1) is 24.7 Å². The van der Waals surface area contributed by atoms with E-state index in [0.717, 1.165) is 5.56 Å². The minimum atomic E-state index is -1.12. The van der Waals surface area contributed by atoms with E-state index >= 15 is 0 Å². The minimum absolute atomic E-state index is 0.0483. The van der Waals surface area contributed by atoms with E-state index in [2.05, 4.69) is 5.32 Å². The van der Waals surface area contributed by atoms with Gasteiger partial charge in [-0.05, 0) is 32.8 Å². The van der Waals surface area contributed by atoms with Gasteiger partial charge in [0.1, 0.15) is 5.60 Å². The number of aliphatic hydroxyl groups is 1. The van der Waals surface area contributed by atoms with Crippen molar-refractivity contribution < 1.29 is 24.5 Å². The van der Waals surface area contributed by atoms with E-state index in [-0.39, 0.29) is 6.54 Å². The second-order valence-corrected chi connectivity index (χ2v) is 6.93. The third kappa shape index (κ3) is 4.61. The monoisotopic (exact) mass is 336 g/mol. The van der Waals surface area contributed by atoms with Crippen LogP contribution in [0.2, 0.25) is 0 Å². The van der Waals surface area contributed by atoms with E-state index in [1.165, 1.54) is 4.90 Å². The molecule has 132 valence electrons. The summed E-state index contributed by atoms with van der Waals surface area (Å²) in [6.45, 7) is 5.17. The van der Waals surface area contributed by atoms with Crippen molar-refractivity contribution in [3.8, 4) is 0 Å². The molecule has 1 heterocycles. The van der Waals surface area contributed by atoms with Crippen LogP contribution in [0, 0.1) is 0 Å². The number of carboxylic acid groups (broad SMARTS) is 1. The van der Waals surface area contributed by atoms with Crippen molar-refractivity contribution in [3.63, 3.8) is 0 Å². The van der Waals surface area contributed by atoms with Crippen LogP contribution in [-0.2, 0) is 11.2 Å². The molecule has 1 aromatic rings. The predicted octanol–water partition coefficient (Wildman–Crippen LogP) is 1.85. The topological polar surface area (TPSA) is 99.1 Å². The van der Waals surface area contributed by atoms with Crippen molar-refractivity contribution in [1.29, 1.82) is 0 Å². The molecule has 1 saturated heterocycles. The average Bonchev–Trinajstić information content (AvgIpc) is 2.75. The van der Waals surface area contributed by atoms with E-state index in [4.69, 9.17) is 4.74 Å². The Hall–Kier alpha value is -2.28. The number of hydrogen-bond acceptors (Lipinski definition) is 4. The molecule has 2 amide bonds. The van der Waals surface area contributed by atoms with Crippen LogP contribution in [0.25, 0.3) is 0 Å². The number of aliphatic hydroxyl groups excluding tert-OH is 1. The lowest BCUT2D eigenvalue weighted by Crippen LogP contribution is -2.51. The number of carbonyl (C=O) groups excluding carboxylic acids is 1. The van der Waals surface area contributed by atoms with Crippen molar-refractivity contribution in [3.05, 3.63) is 35.9 Å². The summed E-state index contributed by atoms with van der Waals surface area (Å²) in [5.74, 6) is 0. The SMILES string of the molecule is CC(C)(C)OC(=O)NC1C(O)CN(C(=O)O)C1Cc1ccccc1. The summed E-state index contributed by atoms with van der Waals surface area (Å²) in [6.07, 6.45) is -2.38. The van der Waals surface area contributed by atoms with Crippen LogP contribution in [0.1, 0.15) is 26.3 Å². The number of ether oxygens (including phenoxy) is 1. The van der Waals surface area contributed by atoms with Crippen LogP contribution in [0.4, 0.5) is 9.59 Å². The molecule has 3 unspecified atom stereocenters. The number of nitrogens with one attached hydrogen (secondary N) is 1. The van der Waals surface area contributed by atoms with Gasteiger partial charge >= 0.3 is 12.2 Å². The molecule has 0 bridgehead atoms. The Morgan fingerprint density at radius 3 is 2.46 bits per heavy atom. The first-order chi connectivity index (χ1) is 11.2. The first-order valence-corrected chi connectivity index (χ1v) is 7.88. The van der Waals surface area contributed by atoms with Crippen molar-refractivity contribution in [1.82, 2.24) is 10.2 Å². The highest BCUT2D eigenvalue weighted by molar-refractivity contribution is 5.70. The zero-order valence-electron chi connectivity index (χ0n) is 14.1. The second kappa shape index (κ2) is 7.09. The summed E-state index contributed by atoms with van der Waals surface area (Å²) in [5.41, 5.74) is 0.258. The Balaban J connectivity index is 2.16. The number of β-amino-alcohol motifs (C(OH)–C–C–N with tert-alkyl or cyclic N) is 1. The van der Waals surface area contributed by atoms with Gasteiger partial charge in [-0.25, -0.2) is 9.59 Å². The first kappa shape index (κ1) is 18.1. The Morgan fingerprint density at radius 1 is 1.29 bits per heavy atom. The summed E-state index contributed by atoms with van der Waals surface area (Å²) in [5, 5.41) is 22.2. The van der Waals surface area contributed by atoms with Gasteiger partial charge in [0.25, 0.3) is 0 Å². The summed E-state index contributed by atoms with van der Waals surface area (Å²) < 4.78 is 5.22. The van der Waals surface area contributed by atoms with Crippen LogP contribution >= 0.6 is 0 Å². The quantitative estimate of drug-likeness (QED) is 0.782. The standard InChI is InChI=1S/C17H24N2O5/c1-17(2,3)24-15(21)18-14-12(9-11-7-5-4-6-8-11)19(16(22)23)10-13(14)20/h4-8,12-14,20H,9-10H2,1-3H3,(H,18,21)(H,22,23). The Morgan fingerprint density at radius 2 is 1.92 bits per heavy atom.